The molecule has 4 heteroatoms. The molecule has 4 nitrogen and oxygen atoms in total. The second-order valence-corrected chi connectivity index (χ2v) is 13.0. The summed E-state index contributed by atoms with van der Waals surface area (Å²) in [6.45, 7) is 27.5. The number of fused-ring (bicyclic) bond motifs is 2. The lowest BCUT2D eigenvalue weighted by Gasteiger charge is -2.26. The van der Waals surface area contributed by atoms with E-state index in [2.05, 4.69) is 126 Å². The molecule has 2 heterocycles. The lowest BCUT2D eigenvalue weighted by Crippen LogP contribution is -2.33. The number of likely N-dealkylation sites (N-methyl/N-ethyl adjacent to an activating group) is 1. The Morgan fingerprint density at radius 1 is 1.00 bits per heavy atom. The quantitative estimate of drug-likeness (QED) is 0.215. The van der Waals surface area contributed by atoms with Crippen LogP contribution in [0.3, 0.4) is 0 Å². The Morgan fingerprint density at radius 3 is 2.20 bits per heavy atom. The average molecular weight is 611 g/mol. The molecule has 0 bridgehead atoms. The third kappa shape index (κ3) is 10.8. The van der Waals surface area contributed by atoms with Crippen molar-refractivity contribution in [2.24, 2.45) is 11.8 Å². The molecule has 1 saturated heterocycles. The third-order valence-corrected chi connectivity index (χ3v) is 8.90. The van der Waals surface area contributed by atoms with Crippen LogP contribution >= 0.6 is 0 Å². The van der Waals surface area contributed by atoms with Crippen molar-refractivity contribution >= 4 is 33.4 Å². The maximum absolute atomic E-state index is 6.10. The maximum atomic E-state index is 6.10. The highest BCUT2D eigenvalue weighted by molar-refractivity contribution is 5.87. The number of rotatable bonds is 6. The second kappa shape index (κ2) is 18.5. The van der Waals surface area contributed by atoms with E-state index in [1.165, 1.54) is 66.3 Å². The fraction of sp³-hybridized carbons (Fsp3) is 0.463. The van der Waals surface area contributed by atoms with Gasteiger partial charge in [0.1, 0.15) is 6.17 Å². The van der Waals surface area contributed by atoms with Gasteiger partial charge in [-0.2, -0.15) is 0 Å². The number of likely N-dealkylation sites (tertiary alicyclic amines) is 1. The summed E-state index contributed by atoms with van der Waals surface area (Å²) in [5.41, 5.74) is 15.0. The number of hydrogen-bond donors (Lipinski definition) is 2. The van der Waals surface area contributed by atoms with Crippen molar-refractivity contribution in [2.45, 2.75) is 87.2 Å². The molecule has 246 valence electrons. The molecule has 0 saturated carbocycles. The largest absolute Gasteiger partial charge is 0.398 e. The summed E-state index contributed by atoms with van der Waals surface area (Å²) in [6.07, 6.45) is 7.30. The Labute approximate surface area is 276 Å². The normalized spacial score (nSPS) is 16.6. The average Bonchev–Trinajstić information content (AvgIpc) is 3.36. The number of allylic oxidation sites excluding steroid dienone is 3. The summed E-state index contributed by atoms with van der Waals surface area (Å²) in [5.74, 6) is 1.76. The van der Waals surface area contributed by atoms with Gasteiger partial charge in [0.2, 0.25) is 0 Å². The minimum Gasteiger partial charge on any atom is -0.398 e. The van der Waals surface area contributed by atoms with Gasteiger partial charge in [-0.05, 0) is 124 Å². The fourth-order valence-corrected chi connectivity index (χ4v) is 5.63. The molecule has 0 spiro atoms. The van der Waals surface area contributed by atoms with E-state index in [1.807, 2.05) is 32.9 Å². The zero-order chi connectivity index (χ0) is 33.7. The van der Waals surface area contributed by atoms with Crippen molar-refractivity contribution in [2.75, 3.05) is 43.1 Å². The van der Waals surface area contributed by atoms with Crippen molar-refractivity contribution in [3.8, 4) is 0 Å². The highest BCUT2D eigenvalue weighted by Crippen LogP contribution is 2.40. The standard InChI is InChI=1S/C17H23N3.C15H18.C7H15N.C2H6/c1-7-11(4)12(5)17-19-15-9-14(18)13(10(2)3)8-16(15)20(17)6;1-12(2)10-11-14-8-5-7-13-6-3-4-9-15(13)14;1-7-3-5-8(2)6-4-7;1-2/h7-9,17,19H,1-2,18H2,3-6H3;3-9,12H,10-11H2,1-2H3;7H,3-6H2,1-2H3;1-2H3/b12-11+;;;. The van der Waals surface area contributed by atoms with Crippen LogP contribution in [0.1, 0.15) is 85.8 Å². The van der Waals surface area contributed by atoms with Gasteiger partial charge in [-0.25, -0.2) is 0 Å². The van der Waals surface area contributed by atoms with Gasteiger partial charge >= 0.3 is 0 Å². The number of benzene rings is 3. The monoisotopic (exact) mass is 610 g/mol. The molecule has 1 fully saturated rings. The Balaban J connectivity index is 0.000000247. The molecule has 3 N–H and O–H groups in total. The first kappa shape index (κ1) is 37.7. The van der Waals surface area contributed by atoms with E-state index in [-0.39, 0.29) is 6.17 Å². The summed E-state index contributed by atoms with van der Waals surface area (Å²) >= 11 is 0. The minimum absolute atomic E-state index is 0.141. The van der Waals surface area contributed by atoms with Gasteiger partial charge in [-0.1, -0.05) is 96.3 Å². The van der Waals surface area contributed by atoms with Crippen LogP contribution in [-0.2, 0) is 6.42 Å². The van der Waals surface area contributed by atoms with Gasteiger partial charge in [-0.15, -0.1) is 0 Å². The van der Waals surface area contributed by atoms with Gasteiger partial charge in [0.05, 0.1) is 11.4 Å². The highest BCUT2D eigenvalue weighted by atomic mass is 15.3. The molecule has 2 aliphatic heterocycles. The van der Waals surface area contributed by atoms with Crippen molar-refractivity contribution in [1.29, 1.82) is 0 Å². The smallest absolute Gasteiger partial charge is 0.122 e. The summed E-state index contributed by atoms with van der Waals surface area (Å²) in [6, 6.07) is 19.4. The van der Waals surface area contributed by atoms with Gasteiger partial charge in [0.25, 0.3) is 0 Å². The third-order valence-electron chi connectivity index (χ3n) is 8.90. The number of nitrogens with zero attached hydrogens (tertiary/aromatic N) is 2. The predicted octanol–water partition coefficient (Wildman–Crippen LogP) is 10.8. The first-order chi connectivity index (χ1) is 21.4. The van der Waals surface area contributed by atoms with E-state index in [0.717, 1.165) is 40.0 Å². The topological polar surface area (TPSA) is 44.5 Å². The van der Waals surface area contributed by atoms with Gasteiger partial charge < -0.3 is 20.9 Å². The summed E-state index contributed by atoms with van der Waals surface area (Å²) in [7, 11) is 4.29. The van der Waals surface area contributed by atoms with Crippen molar-refractivity contribution < 1.29 is 0 Å². The molecule has 2 aliphatic rings. The van der Waals surface area contributed by atoms with Crippen LogP contribution in [0.5, 0.6) is 0 Å². The fourth-order valence-electron chi connectivity index (χ4n) is 5.63. The van der Waals surface area contributed by atoms with Crippen molar-refractivity contribution in [1.82, 2.24) is 4.90 Å². The molecular formula is C41H62N4. The predicted molar refractivity (Wildman–Crippen MR) is 204 cm³/mol. The molecule has 0 amide bonds. The first-order valence-electron chi connectivity index (χ1n) is 17.0. The first-order valence-corrected chi connectivity index (χ1v) is 17.0. The number of nitrogens with two attached hydrogens (primary N) is 1. The zero-order valence-electron chi connectivity index (χ0n) is 30.1. The molecule has 5 rings (SSSR count). The van der Waals surface area contributed by atoms with Crippen LogP contribution in [0.4, 0.5) is 17.1 Å². The van der Waals surface area contributed by atoms with E-state index >= 15 is 0 Å². The maximum Gasteiger partial charge on any atom is 0.122 e. The van der Waals surface area contributed by atoms with E-state index in [0.29, 0.717) is 0 Å². The molecule has 45 heavy (non-hydrogen) atoms. The van der Waals surface area contributed by atoms with Crippen LogP contribution in [-0.4, -0.2) is 38.3 Å². The molecule has 3 aromatic rings. The molecule has 0 radical (unpaired) electrons. The van der Waals surface area contributed by atoms with Crippen LogP contribution in [0.2, 0.25) is 0 Å². The van der Waals surface area contributed by atoms with E-state index in [4.69, 9.17) is 5.73 Å². The minimum atomic E-state index is 0.141. The van der Waals surface area contributed by atoms with Crippen LogP contribution < -0.4 is 16.0 Å². The SMILES string of the molecule is C=C/C(C)=C(\C)C1Nc2cc(N)c(C(=C)C)cc2N1C.CC.CC(C)CCc1cccc2ccccc12.CC1CCN(C)CC1. The van der Waals surface area contributed by atoms with Gasteiger partial charge in [0, 0.05) is 18.3 Å². The Hall–Kier alpha value is -3.50. The molecule has 0 aliphatic carbocycles. The van der Waals surface area contributed by atoms with E-state index in [9.17, 15) is 0 Å². The highest BCUT2D eigenvalue weighted by Gasteiger charge is 2.28. The van der Waals surface area contributed by atoms with Crippen LogP contribution in [0.25, 0.3) is 16.3 Å². The summed E-state index contributed by atoms with van der Waals surface area (Å²) < 4.78 is 0. The lowest BCUT2D eigenvalue weighted by atomic mass is 9.97. The van der Waals surface area contributed by atoms with Crippen LogP contribution in [0.15, 0.2) is 85.0 Å². The summed E-state index contributed by atoms with van der Waals surface area (Å²) in [5, 5.41) is 6.29. The van der Waals surface area contributed by atoms with Gasteiger partial charge in [0.15, 0.2) is 0 Å². The number of hydrogen-bond acceptors (Lipinski definition) is 4. The zero-order valence-corrected chi connectivity index (χ0v) is 30.1. The second-order valence-electron chi connectivity index (χ2n) is 13.0. The molecule has 0 aromatic heterocycles. The molecular weight excluding hydrogens is 548 g/mol. The Bertz CT molecular complexity index is 1390. The van der Waals surface area contributed by atoms with Crippen molar-refractivity contribution in [3.63, 3.8) is 0 Å². The number of aryl methyl sites for hydroxylation is 1. The summed E-state index contributed by atoms with van der Waals surface area (Å²) in [4.78, 5) is 4.63. The van der Waals surface area contributed by atoms with E-state index < -0.39 is 0 Å². The molecule has 1 atom stereocenters. The lowest BCUT2D eigenvalue weighted by molar-refractivity contribution is 0.230. The number of anilines is 3. The Kier molecular flexibility index (Phi) is 15.5. The van der Waals surface area contributed by atoms with E-state index in [1.54, 1.807) is 0 Å². The van der Waals surface area contributed by atoms with Gasteiger partial charge in [-0.3, -0.25) is 0 Å². The van der Waals surface area contributed by atoms with Crippen LogP contribution in [0, 0.1) is 11.8 Å². The number of piperidine rings is 1. The molecule has 3 aromatic carbocycles. The number of nitrogens with one attached hydrogen (secondary N) is 1. The van der Waals surface area contributed by atoms with Crippen molar-refractivity contribution in [3.05, 3.63) is 96.1 Å². The molecule has 1 unspecified atom stereocenters. The Morgan fingerprint density at radius 2 is 1.62 bits per heavy atom. The number of nitrogen functional groups attached to an aromatic ring is 1.